The van der Waals surface area contributed by atoms with Crippen molar-refractivity contribution in [2.45, 2.75) is 82.8 Å². The SMILES string of the molecule is CN=C(NCC(C)(C)N1CCCCC1)NC1CCN(C2CCCC2)C1. The quantitative estimate of drug-likeness (QED) is 0.591. The van der Waals surface area contributed by atoms with Crippen LogP contribution in [0.3, 0.4) is 0 Å². The van der Waals surface area contributed by atoms with Crippen molar-refractivity contribution in [2.75, 3.05) is 39.8 Å². The second kappa shape index (κ2) is 8.72. The van der Waals surface area contributed by atoms with Crippen molar-refractivity contribution >= 4 is 5.96 Å². The van der Waals surface area contributed by atoms with E-state index >= 15 is 0 Å². The van der Waals surface area contributed by atoms with Gasteiger partial charge in [0.15, 0.2) is 5.96 Å². The summed E-state index contributed by atoms with van der Waals surface area (Å²) in [5, 5.41) is 7.27. The molecule has 2 heterocycles. The molecule has 2 saturated heterocycles. The van der Waals surface area contributed by atoms with Gasteiger partial charge in [0.25, 0.3) is 0 Å². The topological polar surface area (TPSA) is 42.9 Å². The molecule has 0 aromatic rings. The summed E-state index contributed by atoms with van der Waals surface area (Å²) in [7, 11) is 1.90. The van der Waals surface area contributed by atoms with E-state index in [1.807, 2.05) is 7.05 Å². The fourth-order valence-electron chi connectivity index (χ4n) is 4.81. The number of nitrogens with one attached hydrogen (secondary N) is 2. The molecule has 0 radical (unpaired) electrons. The number of piperidine rings is 1. The van der Waals surface area contributed by atoms with E-state index in [-0.39, 0.29) is 5.54 Å². The summed E-state index contributed by atoms with van der Waals surface area (Å²) in [5.74, 6) is 0.975. The maximum absolute atomic E-state index is 4.48. The van der Waals surface area contributed by atoms with Gasteiger partial charge in [-0.25, -0.2) is 0 Å². The van der Waals surface area contributed by atoms with Crippen molar-refractivity contribution in [3.8, 4) is 0 Å². The average Bonchev–Trinajstić information content (AvgIpc) is 3.31. The Morgan fingerprint density at radius 3 is 2.40 bits per heavy atom. The molecule has 2 N–H and O–H groups in total. The van der Waals surface area contributed by atoms with E-state index in [4.69, 9.17) is 0 Å². The van der Waals surface area contributed by atoms with Crippen LogP contribution in [0.4, 0.5) is 0 Å². The first-order valence-electron chi connectivity index (χ1n) is 10.5. The lowest BCUT2D eigenvalue weighted by Gasteiger charge is -2.41. The predicted molar refractivity (Wildman–Crippen MR) is 106 cm³/mol. The Balaban J connectivity index is 1.43. The molecule has 0 bridgehead atoms. The van der Waals surface area contributed by atoms with Gasteiger partial charge < -0.3 is 10.6 Å². The lowest BCUT2D eigenvalue weighted by atomic mass is 9.98. The fraction of sp³-hybridized carbons (Fsp3) is 0.950. The third kappa shape index (κ3) is 5.10. The first-order chi connectivity index (χ1) is 12.1. The second-order valence-corrected chi connectivity index (χ2v) is 8.85. The molecule has 3 aliphatic rings. The maximum Gasteiger partial charge on any atom is 0.191 e. The molecule has 2 aliphatic heterocycles. The predicted octanol–water partition coefficient (Wildman–Crippen LogP) is 2.43. The number of nitrogens with zero attached hydrogens (tertiary/aromatic N) is 3. The highest BCUT2D eigenvalue weighted by Gasteiger charge is 2.31. The van der Waals surface area contributed by atoms with Gasteiger partial charge in [-0.15, -0.1) is 0 Å². The zero-order chi connectivity index (χ0) is 17.7. The summed E-state index contributed by atoms with van der Waals surface area (Å²) in [5.41, 5.74) is 0.184. The highest BCUT2D eigenvalue weighted by molar-refractivity contribution is 5.80. The minimum absolute atomic E-state index is 0.184. The van der Waals surface area contributed by atoms with Gasteiger partial charge in [0, 0.05) is 44.3 Å². The molecular weight excluding hydrogens is 310 g/mol. The molecule has 3 fully saturated rings. The van der Waals surface area contributed by atoms with Gasteiger partial charge in [0.1, 0.15) is 0 Å². The third-order valence-corrected chi connectivity index (χ3v) is 6.53. The van der Waals surface area contributed by atoms with Crippen molar-refractivity contribution < 1.29 is 0 Å². The standard InChI is InChI=1S/C20H39N5/c1-20(2,25-12-7-4-8-13-25)16-22-19(21-3)23-17-11-14-24(15-17)18-9-5-6-10-18/h17-18H,4-16H2,1-3H3,(H2,21,22,23). The van der Waals surface area contributed by atoms with Gasteiger partial charge in [0.2, 0.25) is 0 Å². The zero-order valence-electron chi connectivity index (χ0n) is 16.7. The van der Waals surface area contributed by atoms with Gasteiger partial charge in [-0.05, 0) is 59.0 Å². The van der Waals surface area contributed by atoms with Crippen LogP contribution in [0.15, 0.2) is 4.99 Å². The number of hydrogen-bond acceptors (Lipinski definition) is 3. The molecule has 1 aliphatic carbocycles. The zero-order valence-corrected chi connectivity index (χ0v) is 16.7. The summed E-state index contributed by atoms with van der Waals surface area (Å²) in [4.78, 5) is 9.82. The molecule has 5 heteroatoms. The first-order valence-corrected chi connectivity index (χ1v) is 10.5. The van der Waals surface area contributed by atoms with Gasteiger partial charge >= 0.3 is 0 Å². The second-order valence-electron chi connectivity index (χ2n) is 8.85. The van der Waals surface area contributed by atoms with Gasteiger partial charge in [-0.3, -0.25) is 14.8 Å². The summed E-state index contributed by atoms with van der Waals surface area (Å²) in [6.45, 7) is 10.6. The Labute approximate surface area is 154 Å². The van der Waals surface area contributed by atoms with E-state index in [0.717, 1.165) is 18.5 Å². The number of rotatable bonds is 5. The van der Waals surface area contributed by atoms with Crippen LogP contribution in [0.25, 0.3) is 0 Å². The van der Waals surface area contributed by atoms with Crippen LogP contribution in [-0.4, -0.2) is 73.2 Å². The van der Waals surface area contributed by atoms with Gasteiger partial charge in [-0.1, -0.05) is 19.3 Å². The lowest BCUT2D eigenvalue weighted by Crippen LogP contribution is -2.55. The molecule has 0 spiro atoms. The Morgan fingerprint density at radius 2 is 1.72 bits per heavy atom. The van der Waals surface area contributed by atoms with Crippen LogP contribution in [0.2, 0.25) is 0 Å². The Hall–Kier alpha value is -0.810. The van der Waals surface area contributed by atoms with Crippen LogP contribution in [-0.2, 0) is 0 Å². The van der Waals surface area contributed by atoms with Crippen LogP contribution in [0, 0.1) is 0 Å². The summed E-state index contributed by atoms with van der Waals surface area (Å²) >= 11 is 0. The molecule has 1 unspecified atom stereocenters. The van der Waals surface area contributed by atoms with Crippen LogP contribution >= 0.6 is 0 Å². The van der Waals surface area contributed by atoms with E-state index in [2.05, 4.69) is 39.3 Å². The molecule has 25 heavy (non-hydrogen) atoms. The summed E-state index contributed by atoms with van der Waals surface area (Å²) < 4.78 is 0. The number of aliphatic imine (C=N–C) groups is 1. The molecule has 0 aromatic carbocycles. The largest absolute Gasteiger partial charge is 0.355 e. The molecular formula is C20H39N5. The monoisotopic (exact) mass is 349 g/mol. The molecule has 1 saturated carbocycles. The third-order valence-electron chi connectivity index (χ3n) is 6.53. The highest BCUT2D eigenvalue weighted by Crippen LogP contribution is 2.26. The van der Waals surface area contributed by atoms with Crippen LogP contribution < -0.4 is 10.6 Å². The average molecular weight is 350 g/mol. The molecule has 5 nitrogen and oxygen atoms in total. The van der Waals surface area contributed by atoms with E-state index in [1.165, 1.54) is 77.5 Å². The van der Waals surface area contributed by atoms with Crippen molar-refractivity contribution in [1.29, 1.82) is 0 Å². The van der Waals surface area contributed by atoms with Crippen molar-refractivity contribution in [3.63, 3.8) is 0 Å². The van der Waals surface area contributed by atoms with E-state index in [1.54, 1.807) is 0 Å². The minimum atomic E-state index is 0.184. The van der Waals surface area contributed by atoms with E-state index in [9.17, 15) is 0 Å². The first kappa shape index (κ1) is 19.0. The molecule has 3 rings (SSSR count). The molecule has 0 aromatic heterocycles. The Morgan fingerprint density at radius 1 is 1.00 bits per heavy atom. The van der Waals surface area contributed by atoms with Crippen molar-refractivity contribution in [2.24, 2.45) is 4.99 Å². The number of hydrogen-bond donors (Lipinski definition) is 2. The van der Waals surface area contributed by atoms with Gasteiger partial charge in [0.05, 0.1) is 0 Å². The van der Waals surface area contributed by atoms with Crippen LogP contribution in [0.1, 0.15) is 65.2 Å². The van der Waals surface area contributed by atoms with Gasteiger partial charge in [-0.2, -0.15) is 0 Å². The number of guanidine groups is 1. The fourth-order valence-corrected chi connectivity index (χ4v) is 4.81. The lowest BCUT2D eigenvalue weighted by molar-refractivity contribution is 0.0982. The molecule has 0 amide bonds. The maximum atomic E-state index is 4.48. The molecule has 1 atom stereocenters. The minimum Gasteiger partial charge on any atom is -0.355 e. The smallest absolute Gasteiger partial charge is 0.191 e. The Kier molecular flexibility index (Phi) is 6.61. The number of likely N-dealkylation sites (tertiary alicyclic amines) is 2. The highest BCUT2D eigenvalue weighted by atomic mass is 15.3. The van der Waals surface area contributed by atoms with Crippen molar-refractivity contribution in [3.05, 3.63) is 0 Å². The summed E-state index contributed by atoms with van der Waals surface area (Å²) in [6, 6.07) is 1.39. The summed E-state index contributed by atoms with van der Waals surface area (Å²) in [6.07, 6.45) is 11.0. The van der Waals surface area contributed by atoms with E-state index in [0.29, 0.717) is 6.04 Å². The van der Waals surface area contributed by atoms with E-state index < -0.39 is 0 Å². The van der Waals surface area contributed by atoms with Crippen molar-refractivity contribution in [1.82, 2.24) is 20.4 Å². The van der Waals surface area contributed by atoms with Crippen LogP contribution in [0.5, 0.6) is 0 Å². The molecule has 144 valence electrons. The normalized spacial score (nSPS) is 27.8. The Bertz CT molecular complexity index is 435.